The Hall–Kier alpha value is -0.680. The smallest absolute Gasteiger partial charge is 0.0701 e. The average molecular weight is 326 g/mol. The molecule has 96 valence electrons. The Balaban J connectivity index is 1.86. The Kier molecular flexibility index (Phi) is 5.38. The molecule has 4 heteroatoms. The van der Waals surface area contributed by atoms with Crippen LogP contribution in [0.2, 0.25) is 0 Å². The van der Waals surface area contributed by atoms with Crippen LogP contribution in [0.25, 0.3) is 0 Å². The number of halogens is 1. The number of hydrogen-bond acceptors (Lipinski definition) is 3. The molecule has 2 aromatic rings. The van der Waals surface area contributed by atoms with Crippen molar-refractivity contribution in [1.82, 2.24) is 5.32 Å². The Bertz CT molecular complexity index is 472. The molecule has 0 aliphatic heterocycles. The summed E-state index contributed by atoms with van der Waals surface area (Å²) >= 11 is 5.13. The number of rotatable bonds is 6. The Morgan fingerprint density at radius 2 is 2.00 bits per heavy atom. The van der Waals surface area contributed by atoms with Gasteiger partial charge >= 0.3 is 0 Å². The quantitative estimate of drug-likeness (QED) is 0.854. The highest BCUT2D eigenvalue weighted by molar-refractivity contribution is 9.11. The molecule has 18 heavy (non-hydrogen) atoms. The van der Waals surface area contributed by atoms with Crippen molar-refractivity contribution in [3.63, 3.8) is 0 Å². The second-order valence-electron chi connectivity index (χ2n) is 4.21. The van der Waals surface area contributed by atoms with E-state index in [0.717, 1.165) is 16.8 Å². The van der Waals surface area contributed by atoms with Crippen LogP contribution in [-0.2, 0) is 13.0 Å². The van der Waals surface area contributed by atoms with Gasteiger partial charge in [-0.05, 0) is 44.9 Å². The summed E-state index contributed by atoms with van der Waals surface area (Å²) < 4.78 is 1.14. The molecule has 2 nitrogen and oxygen atoms in total. The van der Waals surface area contributed by atoms with E-state index < -0.39 is 0 Å². The van der Waals surface area contributed by atoms with Gasteiger partial charge in [-0.2, -0.15) is 0 Å². The highest BCUT2D eigenvalue weighted by Crippen LogP contribution is 2.20. The molecule has 0 bridgehead atoms. The summed E-state index contributed by atoms with van der Waals surface area (Å²) in [6.07, 6.45) is 0.850. The zero-order valence-electron chi connectivity index (χ0n) is 9.97. The zero-order chi connectivity index (χ0) is 12.8. The standard InChI is InChI=1S/C14H16BrNOS/c15-14-7-12(10-18-14)8-16-13(9-17)6-11-4-2-1-3-5-11/h1-5,7,10,13,16-17H,6,8-9H2. The van der Waals surface area contributed by atoms with Gasteiger partial charge in [0.1, 0.15) is 0 Å². The molecule has 0 fully saturated rings. The van der Waals surface area contributed by atoms with Gasteiger partial charge in [0, 0.05) is 12.6 Å². The van der Waals surface area contributed by atoms with Gasteiger partial charge in [-0.15, -0.1) is 11.3 Å². The van der Waals surface area contributed by atoms with Gasteiger partial charge in [0.15, 0.2) is 0 Å². The van der Waals surface area contributed by atoms with Gasteiger partial charge in [0.2, 0.25) is 0 Å². The van der Waals surface area contributed by atoms with E-state index in [0.29, 0.717) is 0 Å². The minimum Gasteiger partial charge on any atom is -0.395 e. The largest absolute Gasteiger partial charge is 0.395 e. The van der Waals surface area contributed by atoms with Gasteiger partial charge in [-0.25, -0.2) is 0 Å². The van der Waals surface area contributed by atoms with Crippen LogP contribution in [0.5, 0.6) is 0 Å². The van der Waals surface area contributed by atoms with E-state index in [1.807, 2.05) is 18.2 Å². The Morgan fingerprint density at radius 1 is 1.22 bits per heavy atom. The van der Waals surface area contributed by atoms with Crippen molar-refractivity contribution >= 4 is 27.3 Å². The first-order chi connectivity index (χ1) is 8.78. The van der Waals surface area contributed by atoms with Crippen LogP contribution in [0.4, 0.5) is 0 Å². The summed E-state index contributed by atoms with van der Waals surface area (Å²) in [6, 6.07) is 12.4. The third-order valence-corrected chi connectivity index (χ3v) is 4.32. The molecule has 1 aromatic carbocycles. The van der Waals surface area contributed by atoms with Crippen LogP contribution in [0.1, 0.15) is 11.1 Å². The maximum atomic E-state index is 9.40. The first-order valence-corrected chi connectivity index (χ1v) is 7.56. The maximum Gasteiger partial charge on any atom is 0.0701 e. The minimum atomic E-state index is 0.103. The fourth-order valence-electron chi connectivity index (χ4n) is 1.80. The summed E-state index contributed by atoms with van der Waals surface area (Å²) in [5.74, 6) is 0. The highest BCUT2D eigenvalue weighted by atomic mass is 79.9. The lowest BCUT2D eigenvalue weighted by atomic mass is 10.1. The fraction of sp³-hybridized carbons (Fsp3) is 0.286. The molecular weight excluding hydrogens is 310 g/mol. The summed E-state index contributed by atoms with van der Waals surface area (Å²) in [5.41, 5.74) is 2.49. The minimum absolute atomic E-state index is 0.103. The predicted octanol–water partition coefficient (Wildman–Crippen LogP) is 3.20. The predicted molar refractivity (Wildman–Crippen MR) is 79.9 cm³/mol. The average Bonchev–Trinajstić information content (AvgIpc) is 2.81. The Morgan fingerprint density at radius 3 is 2.61 bits per heavy atom. The van der Waals surface area contributed by atoms with Gasteiger partial charge in [-0.1, -0.05) is 30.3 Å². The SMILES string of the molecule is OCC(Cc1ccccc1)NCc1csc(Br)c1. The van der Waals surface area contributed by atoms with E-state index in [9.17, 15) is 5.11 Å². The lowest BCUT2D eigenvalue weighted by molar-refractivity contribution is 0.241. The number of benzene rings is 1. The molecule has 0 radical (unpaired) electrons. The van der Waals surface area contributed by atoms with Crippen molar-refractivity contribution in [1.29, 1.82) is 0 Å². The number of nitrogens with one attached hydrogen (secondary N) is 1. The summed E-state index contributed by atoms with van der Waals surface area (Å²) in [6.45, 7) is 0.945. The van der Waals surface area contributed by atoms with Gasteiger partial charge in [0.05, 0.1) is 10.4 Å². The van der Waals surface area contributed by atoms with Crippen molar-refractivity contribution in [2.75, 3.05) is 6.61 Å². The van der Waals surface area contributed by atoms with E-state index in [1.165, 1.54) is 11.1 Å². The number of aliphatic hydroxyl groups excluding tert-OH is 1. The van der Waals surface area contributed by atoms with Crippen molar-refractivity contribution in [2.45, 2.75) is 19.0 Å². The normalized spacial score (nSPS) is 12.6. The molecule has 0 aliphatic rings. The molecule has 0 saturated carbocycles. The molecule has 2 rings (SSSR count). The molecule has 1 heterocycles. The molecule has 0 amide bonds. The molecule has 2 N–H and O–H groups in total. The third-order valence-electron chi connectivity index (χ3n) is 2.76. The van der Waals surface area contributed by atoms with Crippen LogP contribution in [0.15, 0.2) is 45.6 Å². The van der Waals surface area contributed by atoms with Crippen molar-refractivity contribution < 1.29 is 5.11 Å². The molecule has 1 unspecified atom stereocenters. The second kappa shape index (κ2) is 7.04. The maximum absolute atomic E-state index is 9.40. The lowest BCUT2D eigenvalue weighted by Crippen LogP contribution is -2.33. The van der Waals surface area contributed by atoms with Crippen molar-refractivity contribution in [3.05, 3.63) is 56.7 Å². The Labute approximate surface area is 120 Å². The fourth-order valence-corrected chi connectivity index (χ4v) is 3.01. The van der Waals surface area contributed by atoms with Crippen molar-refractivity contribution in [3.8, 4) is 0 Å². The number of aliphatic hydroxyl groups is 1. The molecule has 0 saturated heterocycles. The lowest BCUT2D eigenvalue weighted by Gasteiger charge is -2.15. The van der Waals surface area contributed by atoms with Crippen LogP contribution < -0.4 is 5.32 Å². The first-order valence-electron chi connectivity index (χ1n) is 5.89. The molecular formula is C14H16BrNOS. The van der Waals surface area contributed by atoms with Crippen LogP contribution >= 0.6 is 27.3 Å². The second-order valence-corrected chi connectivity index (χ2v) is 6.50. The summed E-state index contributed by atoms with van der Waals surface area (Å²) in [4.78, 5) is 0. The topological polar surface area (TPSA) is 32.3 Å². The number of hydrogen-bond donors (Lipinski definition) is 2. The van der Waals surface area contributed by atoms with Crippen LogP contribution in [0.3, 0.4) is 0 Å². The summed E-state index contributed by atoms with van der Waals surface area (Å²) in [7, 11) is 0. The van der Waals surface area contributed by atoms with Crippen molar-refractivity contribution in [2.24, 2.45) is 0 Å². The van der Waals surface area contributed by atoms with Gasteiger partial charge in [0.25, 0.3) is 0 Å². The van der Waals surface area contributed by atoms with Crippen LogP contribution in [0, 0.1) is 0 Å². The van der Waals surface area contributed by atoms with E-state index in [1.54, 1.807) is 11.3 Å². The monoisotopic (exact) mass is 325 g/mol. The summed E-state index contributed by atoms with van der Waals surface area (Å²) in [5, 5.41) is 14.9. The highest BCUT2D eigenvalue weighted by Gasteiger charge is 2.08. The van der Waals surface area contributed by atoms with E-state index in [-0.39, 0.29) is 12.6 Å². The first kappa shape index (κ1) is 13.7. The van der Waals surface area contributed by atoms with Gasteiger partial charge < -0.3 is 10.4 Å². The van der Waals surface area contributed by atoms with Gasteiger partial charge in [-0.3, -0.25) is 0 Å². The van der Waals surface area contributed by atoms with E-state index in [4.69, 9.17) is 0 Å². The number of thiophene rings is 1. The van der Waals surface area contributed by atoms with E-state index in [2.05, 4.69) is 44.8 Å². The van der Waals surface area contributed by atoms with Crippen LogP contribution in [-0.4, -0.2) is 17.8 Å². The third kappa shape index (κ3) is 4.21. The molecule has 1 atom stereocenters. The zero-order valence-corrected chi connectivity index (χ0v) is 12.4. The molecule has 1 aromatic heterocycles. The molecule has 0 spiro atoms. The molecule has 0 aliphatic carbocycles. The van der Waals surface area contributed by atoms with E-state index >= 15 is 0 Å².